The number of nitrogens with zero attached hydrogens (tertiary/aromatic N) is 1. The fraction of sp³-hybridized carbons (Fsp3) is 0.692. The largest absolute Gasteiger partial charge is 0.461 e. The quantitative estimate of drug-likeness (QED) is 0.815. The third-order valence-electron chi connectivity index (χ3n) is 4.14. The van der Waals surface area contributed by atoms with E-state index in [1.165, 1.54) is 5.69 Å². The highest BCUT2D eigenvalue weighted by Gasteiger charge is 2.58. The van der Waals surface area contributed by atoms with Gasteiger partial charge in [-0.2, -0.15) is 5.10 Å². The number of hydrogen-bond acceptors (Lipinski definition) is 3. The van der Waals surface area contributed by atoms with Gasteiger partial charge in [0.15, 0.2) is 5.69 Å². The molecule has 17 heavy (non-hydrogen) atoms. The molecule has 0 amide bonds. The molecule has 1 saturated carbocycles. The average molecular weight is 234 g/mol. The highest BCUT2D eigenvalue weighted by atomic mass is 16.5. The highest BCUT2D eigenvalue weighted by Crippen LogP contribution is 2.64. The molecule has 2 aliphatic carbocycles. The van der Waals surface area contributed by atoms with Crippen LogP contribution < -0.4 is 0 Å². The number of nitrogens with one attached hydrogen (secondary N) is 1. The van der Waals surface area contributed by atoms with Gasteiger partial charge in [0.05, 0.1) is 6.61 Å². The number of fused-ring (bicyclic) bond motifs is 3. The first-order valence-corrected chi connectivity index (χ1v) is 6.39. The van der Waals surface area contributed by atoms with Crippen LogP contribution in [0.1, 0.15) is 48.4 Å². The first-order valence-electron chi connectivity index (χ1n) is 6.39. The summed E-state index contributed by atoms with van der Waals surface area (Å²) in [4.78, 5) is 11.7. The Morgan fingerprint density at radius 1 is 1.59 bits per heavy atom. The number of rotatable bonds is 3. The van der Waals surface area contributed by atoms with Gasteiger partial charge in [0.25, 0.3) is 0 Å². The van der Waals surface area contributed by atoms with Crippen LogP contribution in [0.4, 0.5) is 0 Å². The second-order valence-electron chi connectivity index (χ2n) is 5.40. The van der Waals surface area contributed by atoms with Crippen molar-refractivity contribution in [2.45, 2.75) is 33.1 Å². The Kier molecular flexibility index (Phi) is 2.28. The minimum absolute atomic E-state index is 0.285. The normalized spacial score (nSPS) is 29.1. The summed E-state index contributed by atoms with van der Waals surface area (Å²) in [6.45, 7) is 6.76. The molecule has 0 spiro atoms. The van der Waals surface area contributed by atoms with Crippen molar-refractivity contribution < 1.29 is 9.53 Å². The summed E-state index contributed by atoms with van der Waals surface area (Å²) in [6.07, 6.45) is 0.994. The van der Waals surface area contributed by atoms with E-state index < -0.39 is 0 Å². The Morgan fingerprint density at radius 2 is 2.35 bits per heavy atom. The molecule has 0 radical (unpaired) electrons. The minimum Gasteiger partial charge on any atom is -0.461 e. The zero-order valence-corrected chi connectivity index (χ0v) is 10.5. The van der Waals surface area contributed by atoms with Crippen LogP contribution in [0.2, 0.25) is 0 Å². The second-order valence-corrected chi connectivity index (χ2v) is 5.40. The first-order chi connectivity index (χ1) is 8.15. The fourth-order valence-electron chi connectivity index (χ4n) is 3.44. The molecule has 2 aliphatic rings. The van der Waals surface area contributed by atoms with Crippen molar-refractivity contribution in [1.29, 1.82) is 0 Å². The number of carbonyl (C=O) groups excluding carboxylic acids is 1. The van der Waals surface area contributed by atoms with Gasteiger partial charge in [0.1, 0.15) is 0 Å². The van der Waals surface area contributed by atoms with Crippen LogP contribution in [0.5, 0.6) is 0 Å². The van der Waals surface area contributed by atoms with Crippen molar-refractivity contribution in [2.75, 3.05) is 6.61 Å². The number of carbonyl (C=O) groups is 1. The predicted octanol–water partition coefficient (Wildman–Crippen LogP) is 2.13. The van der Waals surface area contributed by atoms with Crippen LogP contribution >= 0.6 is 0 Å². The van der Waals surface area contributed by atoms with Crippen LogP contribution in [0, 0.1) is 17.8 Å². The fourth-order valence-corrected chi connectivity index (χ4v) is 3.44. The smallest absolute Gasteiger partial charge is 0.359 e. The highest BCUT2D eigenvalue weighted by molar-refractivity contribution is 5.89. The molecule has 1 aromatic heterocycles. The molecule has 3 unspecified atom stereocenters. The summed E-state index contributed by atoms with van der Waals surface area (Å²) in [7, 11) is 0. The molecule has 0 aliphatic heterocycles. The SMILES string of the molecule is CCOC(=O)c1n[nH]c2c1CC1C2C1C(C)C. The molecule has 1 heterocycles. The summed E-state index contributed by atoms with van der Waals surface area (Å²) >= 11 is 0. The molecule has 1 aromatic rings. The predicted molar refractivity (Wildman–Crippen MR) is 62.8 cm³/mol. The van der Waals surface area contributed by atoms with E-state index in [9.17, 15) is 4.79 Å². The molecule has 92 valence electrons. The Labute approximate surface area is 101 Å². The number of H-pyrrole nitrogens is 1. The van der Waals surface area contributed by atoms with E-state index in [4.69, 9.17) is 4.74 Å². The van der Waals surface area contributed by atoms with E-state index >= 15 is 0 Å². The van der Waals surface area contributed by atoms with E-state index in [1.54, 1.807) is 0 Å². The van der Waals surface area contributed by atoms with E-state index in [2.05, 4.69) is 24.0 Å². The van der Waals surface area contributed by atoms with Crippen molar-refractivity contribution in [3.05, 3.63) is 17.0 Å². The Hall–Kier alpha value is -1.32. The molecule has 1 N–H and O–H groups in total. The summed E-state index contributed by atoms with van der Waals surface area (Å²) in [5.74, 6) is 2.55. The van der Waals surface area contributed by atoms with Gasteiger partial charge in [-0.25, -0.2) is 4.79 Å². The second kappa shape index (κ2) is 3.59. The van der Waals surface area contributed by atoms with Crippen molar-refractivity contribution in [3.8, 4) is 0 Å². The molecule has 1 fully saturated rings. The molecule has 3 atom stereocenters. The standard InChI is InChI=1S/C13H18N2O2/c1-4-17-13(16)12-8-5-7-9(6(2)3)10(7)11(8)14-15-12/h6-7,9-10H,4-5H2,1-3H3,(H,14,15). The monoisotopic (exact) mass is 234 g/mol. The summed E-state index contributed by atoms with van der Waals surface area (Å²) < 4.78 is 5.01. The van der Waals surface area contributed by atoms with Crippen LogP contribution in [-0.4, -0.2) is 22.8 Å². The maximum atomic E-state index is 11.7. The van der Waals surface area contributed by atoms with Gasteiger partial charge in [-0.1, -0.05) is 13.8 Å². The molecule has 4 nitrogen and oxygen atoms in total. The molecular formula is C13H18N2O2. The van der Waals surface area contributed by atoms with Gasteiger partial charge in [-0.3, -0.25) is 5.10 Å². The molecular weight excluding hydrogens is 216 g/mol. The topological polar surface area (TPSA) is 55.0 Å². The third-order valence-corrected chi connectivity index (χ3v) is 4.14. The zero-order chi connectivity index (χ0) is 12.2. The van der Waals surface area contributed by atoms with Gasteiger partial charge < -0.3 is 4.74 Å². The van der Waals surface area contributed by atoms with Gasteiger partial charge in [-0.05, 0) is 31.1 Å². The lowest BCUT2D eigenvalue weighted by Gasteiger charge is -2.07. The van der Waals surface area contributed by atoms with Crippen LogP contribution in [0.3, 0.4) is 0 Å². The van der Waals surface area contributed by atoms with Gasteiger partial charge in [-0.15, -0.1) is 0 Å². The Balaban J connectivity index is 1.84. The van der Waals surface area contributed by atoms with Crippen molar-refractivity contribution in [1.82, 2.24) is 10.2 Å². The van der Waals surface area contributed by atoms with Gasteiger partial charge in [0.2, 0.25) is 0 Å². The van der Waals surface area contributed by atoms with E-state index in [-0.39, 0.29) is 5.97 Å². The van der Waals surface area contributed by atoms with E-state index in [0.29, 0.717) is 24.1 Å². The molecule has 0 bridgehead atoms. The van der Waals surface area contributed by atoms with Gasteiger partial charge in [0, 0.05) is 17.2 Å². The number of hydrogen-bond donors (Lipinski definition) is 1. The van der Waals surface area contributed by atoms with Crippen molar-refractivity contribution in [3.63, 3.8) is 0 Å². The zero-order valence-electron chi connectivity index (χ0n) is 10.5. The van der Waals surface area contributed by atoms with Crippen LogP contribution in [0.15, 0.2) is 0 Å². The number of esters is 1. The Bertz CT molecular complexity index is 464. The molecule has 3 rings (SSSR count). The summed E-state index contributed by atoms with van der Waals surface area (Å²) in [5.41, 5.74) is 2.81. The van der Waals surface area contributed by atoms with Gasteiger partial charge >= 0.3 is 5.97 Å². The average Bonchev–Trinajstić information content (AvgIpc) is 2.66. The van der Waals surface area contributed by atoms with Crippen LogP contribution in [-0.2, 0) is 11.2 Å². The minimum atomic E-state index is -0.285. The first kappa shape index (κ1) is 10.8. The van der Waals surface area contributed by atoms with E-state index in [0.717, 1.165) is 23.8 Å². The van der Waals surface area contributed by atoms with E-state index in [1.807, 2.05) is 6.92 Å². The maximum absolute atomic E-state index is 11.7. The van der Waals surface area contributed by atoms with Crippen molar-refractivity contribution >= 4 is 5.97 Å². The summed E-state index contributed by atoms with van der Waals surface area (Å²) in [5, 5.41) is 7.18. The molecule has 4 heteroatoms. The lowest BCUT2D eigenvalue weighted by atomic mass is 9.99. The number of aromatic nitrogens is 2. The molecule has 0 aromatic carbocycles. The number of ether oxygens (including phenoxy) is 1. The Morgan fingerprint density at radius 3 is 3.00 bits per heavy atom. The third kappa shape index (κ3) is 1.43. The summed E-state index contributed by atoms with van der Waals surface area (Å²) in [6, 6.07) is 0. The maximum Gasteiger partial charge on any atom is 0.359 e. The van der Waals surface area contributed by atoms with Crippen LogP contribution in [0.25, 0.3) is 0 Å². The molecule has 0 saturated heterocycles. The lowest BCUT2D eigenvalue weighted by Crippen LogP contribution is -2.09. The van der Waals surface area contributed by atoms with Crippen molar-refractivity contribution in [2.24, 2.45) is 17.8 Å². The number of aromatic amines is 1. The lowest BCUT2D eigenvalue weighted by molar-refractivity contribution is 0.0518.